The fourth-order valence-electron chi connectivity index (χ4n) is 1.34. The van der Waals surface area contributed by atoms with Gasteiger partial charge in [0.15, 0.2) is 0 Å². The van der Waals surface area contributed by atoms with Crippen molar-refractivity contribution >= 4 is 23.1 Å². The second-order valence-electron chi connectivity index (χ2n) is 3.72. The van der Waals surface area contributed by atoms with Crippen molar-refractivity contribution in [3.05, 3.63) is 35.6 Å². The Kier molecular flexibility index (Phi) is 5.56. The maximum Gasteiger partial charge on any atom is 0.224 e. The van der Waals surface area contributed by atoms with Crippen LogP contribution in [0.25, 0.3) is 0 Å². The molecule has 0 atom stereocenters. The van der Waals surface area contributed by atoms with Gasteiger partial charge in [0.25, 0.3) is 0 Å². The van der Waals surface area contributed by atoms with Crippen LogP contribution in [0.3, 0.4) is 0 Å². The zero-order valence-corrected chi connectivity index (χ0v) is 10.2. The van der Waals surface area contributed by atoms with Crippen LogP contribution in [-0.4, -0.2) is 17.4 Å². The summed E-state index contributed by atoms with van der Waals surface area (Å²) >= 11 is 4.72. The summed E-state index contributed by atoms with van der Waals surface area (Å²) in [5.41, 5.74) is 6.12. The molecule has 0 saturated heterocycles. The lowest BCUT2D eigenvalue weighted by atomic mass is 10.1. The highest BCUT2D eigenvalue weighted by molar-refractivity contribution is 7.80. The van der Waals surface area contributed by atoms with Gasteiger partial charge < -0.3 is 11.1 Å². The molecule has 0 aliphatic rings. The molecule has 1 aromatic rings. The van der Waals surface area contributed by atoms with Gasteiger partial charge in [-0.25, -0.2) is 4.39 Å². The lowest BCUT2D eigenvalue weighted by molar-refractivity contribution is -0.120. The predicted octanol–water partition coefficient (Wildman–Crippen LogP) is 1.55. The monoisotopic (exact) mass is 254 g/mol. The number of benzene rings is 1. The van der Waals surface area contributed by atoms with Crippen LogP contribution in [0, 0.1) is 5.82 Å². The number of nitrogens with one attached hydrogen (secondary N) is 1. The van der Waals surface area contributed by atoms with E-state index in [1.54, 1.807) is 12.1 Å². The lowest BCUT2D eigenvalue weighted by Gasteiger charge is -2.04. The summed E-state index contributed by atoms with van der Waals surface area (Å²) < 4.78 is 12.6. The number of carbonyl (C=O) groups is 1. The third-order valence-corrected chi connectivity index (χ3v) is 2.40. The summed E-state index contributed by atoms with van der Waals surface area (Å²) in [6.45, 7) is 0.553. The second-order valence-corrected chi connectivity index (χ2v) is 4.25. The Morgan fingerprint density at radius 1 is 1.35 bits per heavy atom. The summed E-state index contributed by atoms with van der Waals surface area (Å²) in [6, 6.07) is 5.89. The van der Waals surface area contributed by atoms with Crippen LogP contribution in [-0.2, 0) is 11.2 Å². The quantitative estimate of drug-likeness (QED) is 0.598. The number of carbonyl (C=O) groups excluding carboxylic acids is 1. The van der Waals surface area contributed by atoms with Crippen LogP contribution < -0.4 is 11.1 Å². The van der Waals surface area contributed by atoms with E-state index in [4.69, 9.17) is 18.0 Å². The van der Waals surface area contributed by atoms with E-state index in [0.29, 0.717) is 18.0 Å². The van der Waals surface area contributed by atoms with Crippen LogP contribution in [0.5, 0.6) is 0 Å². The predicted molar refractivity (Wildman–Crippen MR) is 69.1 cm³/mol. The molecular weight excluding hydrogens is 239 g/mol. The maximum absolute atomic E-state index is 12.6. The summed E-state index contributed by atoms with van der Waals surface area (Å²) in [4.78, 5) is 11.9. The van der Waals surface area contributed by atoms with Crippen molar-refractivity contribution in [3.63, 3.8) is 0 Å². The molecule has 17 heavy (non-hydrogen) atoms. The SMILES string of the molecule is NC(=S)CCCNC(=O)Cc1ccc(F)cc1. The van der Waals surface area contributed by atoms with Gasteiger partial charge in [-0.15, -0.1) is 0 Å². The minimum absolute atomic E-state index is 0.0838. The van der Waals surface area contributed by atoms with Crippen molar-refractivity contribution in [1.29, 1.82) is 0 Å². The molecule has 0 aliphatic carbocycles. The molecule has 5 heteroatoms. The van der Waals surface area contributed by atoms with Gasteiger partial charge in [-0.05, 0) is 30.5 Å². The molecule has 3 N–H and O–H groups in total. The van der Waals surface area contributed by atoms with E-state index in [-0.39, 0.29) is 18.1 Å². The van der Waals surface area contributed by atoms with E-state index < -0.39 is 0 Å². The minimum Gasteiger partial charge on any atom is -0.393 e. The molecule has 0 fully saturated rings. The van der Waals surface area contributed by atoms with E-state index in [1.165, 1.54) is 12.1 Å². The first-order valence-corrected chi connectivity index (χ1v) is 5.78. The number of nitrogens with two attached hydrogens (primary N) is 1. The molecule has 0 radical (unpaired) electrons. The zero-order valence-electron chi connectivity index (χ0n) is 9.41. The van der Waals surface area contributed by atoms with Crippen LogP contribution in [0.15, 0.2) is 24.3 Å². The Morgan fingerprint density at radius 3 is 2.59 bits per heavy atom. The number of amides is 1. The van der Waals surface area contributed by atoms with E-state index >= 15 is 0 Å². The van der Waals surface area contributed by atoms with Crippen molar-refractivity contribution in [2.24, 2.45) is 5.73 Å². The third-order valence-electron chi connectivity index (χ3n) is 2.20. The maximum atomic E-state index is 12.6. The first-order valence-electron chi connectivity index (χ1n) is 5.37. The minimum atomic E-state index is -0.300. The van der Waals surface area contributed by atoms with Crippen molar-refractivity contribution in [2.45, 2.75) is 19.3 Å². The molecule has 1 aromatic carbocycles. The Hall–Kier alpha value is -1.49. The fraction of sp³-hybridized carbons (Fsp3) is 0.333. The van der Waals surface area contributed by atoms with Gasteiger partial charge in [0.2, 0.25) is 5.91 Å². The average Bonchev–Trinajstić information content (AvgIpc) is 2.27. The normalized spacial score (nSPS) is 9.94. The van der Waals surface area contributed by atoms with Crippen molar-refractivity contribution < 1.29 is 9.18 Å². The van der Waals surface area contributed by atoms with E-state index in [9.17, 15) is 9.18 Å². The van der Waals surface area contributed by atoms with Gasteiger partial charge in [0.1, 0.15) is 5.82 Å². The Bertz CT molecular complexity index is 392. The number of thiocarbonyl (C=S) groups is 1. The van der Waals surface area contributed by atoms with E-state index in [2.05, 4.69) is 5.32 Å². The van der Waals surface area contributed by atoms with Gasteiger partial charge in [-0.1, -0.05) is 24.4 Å². The zero-order chi connectivity index (χ0) is 12.7. The van der Waals surface area contributed by atoms with Gasteiger partial charge >= 0.3 is 0 Å². The highest BCUT2D eigenvalue weighted by atomic mass is 32.1. The number of rotatable bonds is 6. The molecule has 1 amide bonds. The highest BCUT2D eigenvalue weighted by Gasteiger charge is 2.02. The first-order chi connectivity index (χ1) is 8.08. The smallest absolute Gasteiger partial charge is 0.224 e. The van der Waals surface area contributed by atoms with Crippen LogP contribution in [0.1, 0.15) is 18.4 Å². The molecular formula is C12H15FN2OS. The van der Waals surface area contributed by atoms with Crippen molar-refractivity contribution in [3.8, 4) is 0 Å². The molecule has 1 rings (SSSR count). The number of hydrogen-bond donors (Lipinski definition) is 2. The molecule has 0 aliphatic heterocycles. The molecule has 0 aromatic heterocycles. The standard InChI is InChI=1S/C12H15FN2OS/c13-10-5-3-9(4-6-10)8-12(16)15-7-1-2-11(14)17/h3-6H,1-2,7-8H2,(H2,14,17)(H,15,16). The summed E-state index contributed by atoms with van der Waals surface area (Å²) in [7, 11) is 0. The van der Waals surface area contributed by atoms with Crippen molar-refractivity contribution in [2.75, 3.05) is 6.54 Å². The molecule has 0 bridgehead atoms. The Labute approximate surface area is 105 Å². The van der Waals surface area contributed by atoms with Gasteiger partial charge in [-0.3, -0.25) is 4.79 Å². The van der Waals surface area contributed by atoms with Crippen LogP contribution in [0.4, 0.5) is 4.39 Å². The molecule has 0 unspecified atom stereocenters. The summed E-state index contributed by atoms with van der Waals surface area (Å²) in [5.74, 6) is -0.384. The molecule has 0 saturated carbocycles. The summed E-state index contributed by atoms with van der Waals surface area (Å²) in [6.07, 6.45) is 1.63. The third kappa shape index (κ3) is 5.97. The first kappa shape index (κ1) is 13.6. The van der Waals surface area contributed by atoms with Gasteiger partial charge in [0, 0.05) is 6.54 Å². The highest BCUT2D eigenvalue weighted by Crippen LogP contribution is 2.03. The van der Waals surface area contributed by atoms with Gasteiger partial charge in [-0.2, -0.15) is 0 Å². The number of halogens is 1. The topological polar surface area (TPSA) is 55.1 Å². The van der Waals surface area contributed by atoms with E-state index in [0.717, 1.165) is 12.0 Å². The lowest BCUT2D eigenvalue weighted by Crippen LogP contribution is -2.26. The Morgan fingerprint density at radius 2 is 2.00 bits per heavy atom. The average molecular weight is 254 g/mol. The van der Waals surface area contributed by atoms with E-state index in [1.807, 2.05) is 0 Å². The fourth-order valence-corrected chi connectivity index (χ4v) is 1.48. The largest absolute Gasteiger partial charge is 0.393 e. The molecule has 3 nitrogen and oxygen atoms in total. The van der Waals surface area contributed by atoms with Crippen LogP contribution in [0.2, 0.25) is 0 Å². The van der Waals surface area contributed by atoms with Crippen molar-refractivity contribution in [1.82, 2.24) is 5.32 Å². The molecule has 0 heterocycles. The second kappa shape index (κ2) is 6.96. The molecule has 92 valence electrons. The van der Waals surface area contributed by atoms with Crippen LogP contribution >= 0.6 is 12.2 Å². The molecule has 0 spiro atoms. The number of hydrogen-bond acceptors (Lipinski definition) is 2. The Balaban J connectivity index is 2.25. The summed E-state index contributed by atoms with van der Waals surface area (Å²) in [5, 5.41) is 2.75. The van der Waals surface area contributed by atoms with Gasteiger partial charge in [0.05, 0.1) is 11.4 Å².